The molecule has 1 aromatic carbocycles. The lowest BCUT2D eigenvalue weighted by molar-refractivity contribution is -0.137. The molecule has 0 heterocycles. The molecule has 0 saturated heterocycles. The highest BCUT2D eigenvalue weighted by Crippen LogP contribution is 2.31. The first-order valence-electron chi connectivity index (χ1n) is 6.63. The van der Waals surface area contributed by atoms with E-state index in [9.17, 15) is 9.59 Å². The van der Waals surface area contributed by atoms with Crippen molar-refractivity contribution in [1.82, 2.24) is 5.32 Å². The lowest BCUT2D eigenvalue weighted by atomic mass is 10.0. The van der Waals surface area contributed by atoms with Crippen LogP contribution in [0.4, 0.5) is 0 Å². The van der Waals surface area contributed by atoms with Gasteiger partial charge in [0.15, 0.2) is 0 Å². The number of carboxylic acids is 1. The third-order valence-electron chi connectivity index (χ3n) is 3.04. The van der Waals surface area contributed by atoms with Crippen molar-refractivity contribution in [2.24, 2.45) is 5.92 Å². The average molecular weight is 295 g/mol. The Morgan fingerprint density at radius 2 is 1.90 bits per heavy atom. The van der Waals surface area contributed by atoms with Crippen molar-refractivity contribution in [2.75, 3.05) is 14.2 Å². The lowest BCUT2D eigenvalue weighted by Gasteiger charge is -2.21. The highest BCUT2D eigenvalue weighted by Gasteiger charge is 2.23. The van der Waals surface area contributed by atoms with Crippen molar-refractivity contribution in [3.05, 3.63) is 23.8 Å². The zero-order valence-corrected chi connectivity index (χ0v) is 12.7. The Morgan fingerprint density at radius 3 is 2.38 bits per heavy atom. The molecule has 6 heteroatoms. The highest BCUT2D eigenvalue weighted by atomic mass is 16.5. The topological polar surface area (TPSA) is 84.9 Å². The summed E-state index contributed by atoms with van der Waals surface area (Å²) in [6, 6.07) is 4.41. The Morgan fingerprint density at radius 1 is 1.24 bits per heavy atom. The van der Waals surface area contributed by atoms with Crippen LogP contribution < -0.4 is 14.8 Å². The fourth-order valence-electron chi connectivity index (χ4n) is 1.86. The molecule has 116 valence electrons. The fourth-order valence-corrected chi connectivity index (χ4v) is 1.86. The summed E-state index contributed by atoms with van der Waals surface area (Å²) in [7, 11) is 3.02. The van der Waals surface area contributed by atoms with Crippen LogP contribution in [0.5, 0.6) is 11.5 Å². The van der Waals surface area contributed by atoms with Gasteiger partial charge in [-0.3, -0.25) is 9.59 Å². The molecular weight excluding hydrogens is 274 g/mol. The normalized spacial score (nSPS) is 11.9. The Balaban J connectivity index is 3.12. The van der Waals surface area contributed by atoms with Gasteiger partial charge in [-0.1, -0.05) is 13.8 Å². The molecule has 0 aromatic heterocycles. The van der Waals surface area contributed by atoms with Gasteiger partial charge in [-0.15, -0.1) is 0 Å². The third kappa shape index (κ3) is 4.66. The van der Waals surface area contributed by atoms with Gasteiger partial charge < -0.3 is 19.9 Å². The number of aliphatic carboxylic acids is 1. The molecule has 1 rings (SSSR count). The number of nitrogens with one attached hydrogen (secondary N) is 1. The predicted octanol–water partition coefficient (Wildman–Crippen LogP) is 1.99. The van der Waals surface area contributed by atoms with Gasteiger partial charge in [-0.25, -0.2) is 0 Å². The van der Waals surface area contributed by atoms with Crippen LogP contribution >= 0.6 is 0 Å². The summed E-state index contributed by atoms with van der Waals surface area (Å²) in [5.74, 6) is -0.365. The average Bonchev–Trinajstić information content (AvgIpc) is 2.45. The highest BCUT2D eigenvalue weighted by molar-refractivity contribution is 5.79. The van der Waals surface area contributed by atoms with Crippen LogP contribution in [0.25, 0.3) is 0 Å². The van der Waals surface area contributed by atoms with Gasteiger partial charge in [-0.05, 0) is 12.1 Å². The summed E-state index contributed by atoms with van der Waals surface area (Å²) in [5.41, 5.74) is 0.606. The summed E-state index contributed by atoms with van der Waals surface area (Å²) in [6.07, 6.45) is -0.221. The van der Waals surface area contributed by atoms with Gasteiger partial charge >= 0.3 is 5.97 Å². The molecule has 1 atom stereocenters. The van der Waals surface area contributed by atoms with Crippen LogP contribution in [-0.4, -0.2) is 31.2 Å². The van der Waals surface area contributed by atoms with Gasteiger partial charge in [0.1, 0.15) is 11.5 Å². The summed E-state index contributed by atoms with van der Waals surface area (Å²) in [4.78, 5) is 22.9. The summed E-state index contributed by atoms with van der Waals surface area (Å²) < 4.78 is 10.4. The van der Waals surface area contributed by atoms with E-state index in [0.29, 0.717) is 17.1 Å². The van der Waals surface area contributed by atoms with Gasteiger partial charge in [0, 0.05) is 17.5 Å². The molecule has 1 unspecified atom stereocenters. The molecule has 6 nitrogen and oxygen atoms in total. The molecule has 0 bridgehead atoms. The van der Waals surface area contributed by atoms with E-state index in [-0.39, 0.29) is 18.2 Å². The molecule has 2 N–H and O–H groups in total. The predicted molar refractivity (Wildman–Crippen MR) is 77.5 cm³/mol. The number of methoxy groups -OCH3 is 2. The Bertz CT molecular complexity index is 513. The zero-order valence-electron chi connectivity index (χ0n) is 12.7. The molecule has 0 radical (unpaired) electrons. The van der Waals surface area contributed by atoms with Crippen molar-refractivity contribution in [3.8, 4) is 11.5 Å². The van der Waals surface area contributed by atoms with Crippen LogP contribution in [-0.2, 0) is 9.59 Å². The minimum Gasteiger partial charge on any atom is -0.497 e. The fraction of sp³-hybridized carbons (Fsp3) is 0.467. The summed E-state index contributed by atoms with van der Waals surface area (Å²) in [6.45, 7) is 3.50. The number of carboxylic acid groups (broad SMARTS) is 1. The SMILES string of the molecule is COc1ccc(C(CC(=O)O)NC(=O)C(C)C)c(OC)c1. The van der Waals surface area contributed by atoms with Crippen molar-refractivity contribution in [2.45, 2.75) is 26.3 Å². The minimum atomic E-state index is -0.998. The zero-order chi connectivity index (χ0) is 16.0. The number of benzene rings is 1. The van der Waals surface area contributed by atoms with E-state index in [0.717, 1.165) is 0 Å². The van der Waals surface area contributed by atoms with Crippen molar-refractivity contribution < 1.29 is 24.2 Å². The van der Waals surface area contributed by atoms with E-state index in [2.05, 4.69) is 5.32 Å². The van der Waals surface area contributed by atoms with E-state index >= 15 is 0 Å². The molecular formula is C15H21NO5. The van der Waals surface area contributed by atoms with E-state index < -0.39 is 12.0 Å². The van der Waals surface area contributed by atoms with Crippen molar-refractivity contribution >= 4 is 11.9 Å². The summed E-state index contributed by atoms with van der Waals surface area (Å²) >= 11 is 0. The lowest BCUT2D eigenvalue weighted by Crippen LogP contribution is -2.33. The van der Waals surface area contributed by atoms with Gasteiger partial charge in [-0.2, -0.15) is 0 Å². The summed E-state index contributed by atoms with van der Waals surface area (Å²) in [5, 5.41) is 11.8. The molecule has 1 amide bonds. The number of hydrogen-bond donors (Lipinski definition) is 2. The van der Waals surface area contributed by atoms with Crippen LogP contribution in [0.3, 0.4) is 0 Å². The first-order chi connectivity index (χ1) is 9.88. The number of amides is 1. The Labute approximate surface area is 124 Å². The Kier molecular flexibility index (Phi) is 6.02. The van der Waals surface area contributed by atoms with Crippen LogP contribution in [0.15, 0.2) is 18.2 Å². The number of rotatable bonds is 7. The number of carbonyl (C=O) groups excluding carboxylic acids is 1. The quantitative estimate of drug-likeness (QED) is 0.803. The maximum Gasteiger partial charge on any atom is 0.305 e. The smallest absolute Gasteiger partial charge is 0.305 e. The largest absolute Gasteiger partial charge is 0.497 e. The van der Waals surface area contributed by atoms with Gasteiger partial charge in [0.2, 0.25) is 5.91 Å². The molecule has 0 aliphatic carbocycles. The second-order valence-corrected chi connectivity index (χ2v) is 4.92. The Hall–Kier alpha value is -2.24. The molecule has 0 aliphatic heterocycles. The second-order valence-electron chi connectivity index (χ2n) is 4.92. The molecule has 0 aliphatic rings. The monoisotopic (exact) mass is 295 g/mol. The van der Waals surface area contributed by atoms with Gasteiger partial charge in [0.05, 0.1) is 26.7 Å². The van der Waals surface area contributed by atoms with Crippen molar-refractivity contribution in [3.63, 3.8) is 0 Å². The maximum absolute atomic E-state index is 11.9. The number of ether oxygens (including phenoxy) is 2. The van der Waals surface area contributed by atoms with E-state index in [4.69, 9.17) is 14.6 Å². The van der Waals surface area contributed by atoms with Crippen molar-refractivity contribution in [1.29, 1.82) is 0 Å². The maximum atomic E-state index is 11.9. The van der Waals surface area contributed by atoms with E-state index in [1.165, 1.54) is 14.2 Å². The van der Waals surface area contributed by atoms with Crippen LogP contribution in [0, 0.1) is 5.92 Å². The molecule has 1 aromatic rings. The van der Waals surface area contributed by atoms with Crippen LogP contribution in [0.1, 0.15) is 31.9 Å². The minimum absolute atomic E-state index is 0.209. The number of carbonyl (C=O) groups is 2. The third-order valence-corrected chi connectivity index (χ3v) is 3.04. The molecule has 21 heavy (non-hydrogen) atoms. The molecule has 0 saturated carbocycles. The van der Waals surface area contributed by atoms with E-state index in [1.807, 2.05) is 0 Å². The first kappa shape index (κ1) is 16.8. The first-order valence-corrected chi connectivity index (χ1v) is 6.63. The van der Waals surface area contributed by atoms with E-state index in [1.54, 1.807) is 32.0 Å². The second kappa shape index (κ2) is 7.52. The molecule has 0 fully saturated rings. The van der Waals surface area contributed by atoms with Gasteiger partial charge in [0.25, 0.3) is 0 Å². The van der Waals surface area contributed by atoms with Crippen LogP contribution in [0.2, 0.25) is 0 Å². The number of hydrogen-bond acceptors (Lipinski definition) is 4. The standard InChI is InChI=1S/C15H21NO5/c1-9(2)15(19)16-12(8-14(17)18)11-6-5-10(20-3)7-13(11)21-4/h5-7,9,12H,8H2,1-4H3,(H,16,19)(H,17,18). The molecule has 0 spiro atoms.